The lowest BCUT2D eigenvalue weighted by Crippen LogP contribution is -2.45. The highest BCUT2D eigenvalue weighted by Crippen LogP contribution is 2.46. The molecule has 2 saturated heterocycles. The Bertz CT molecular complexity index is 459. The van der Waals surface area contributed by atoms with Crippen molar-refractivity contribution in [3.63, 3.8) is 0 Å². The third-order valence-corrected chi connectivity index (χ3v) is 4.79. The molecule has 2 amide bonds. The number of ether oxygens (including phenoxy) is 2. The molecule has 1 saturated carbocycles. The molecule has 0 aromatic heterocycles. The zero-order valence-electron chi connectivity index (χ0n) is 13.8. The second-order valence-electron chi connectivity index (χ2n) is 7.80. The van der Waals surface area contributed by atoms with E-state index in [0.717, 1.165) is 32.2 Å². The van der Waals surface area contributed by atoms with Crippen LogP contribution >= 0.6 is 0 Å². The molecule has 124 valence electrons. The smallest absolute Gasteiger partial charge is 0.410 e. The largest absolute Gasteiger partial charge is 0.447 e. The maximum atomic E-state index is 12.0. The van der Waals surface area contributed by atoms with E-state index in [4.69, 9.17) is 9.47 Å². The summed E-state index contributed by atoms with van der Waals surface area (Å²) in [6, 6.07) is 0. The molecular formula is C16H26N2O4. The van der Waals surface area contributed by atoms with Crippen LogP contribution in [-0.4, -0.2) is 59.4 Å². The summed E-state index contributed by atoms with van der Waals surface area (Å²) in [7, 11) is 0. The van der Waals surface area contributed by atoms with Gasteiger partial charge in [-0.25, -0.2) is 9.59 Å². The molecule has 0 aromatic carbocycles. The third-order valence-electron chi connectivity index (χ3n) is 4.79. The predicted octanol–water partition coefficient (Wildman–Crippen LogP) is 2.62. The van der Waals surface area contributed by atoms with Crippen LogP contribution in [0.2, 0.25) is 0 Å². The van der Waals surface area contributed by atoms with Crippen molar-refractivity contribution in [3.05, 3.63) is 0 Å². The minimum Gasteiger partial charge on any atom is -0.447 e. The summed E-state index contributed by atoms with van der Waals surface area (Å²) in [5.41, 5.74) is -0.440. The highest BCUT2D eigenvalue weighted by atomic mass is 16.6. The number of hydrogen-bond acceptors (Lipinski definition) is 4. The van der Waals surface area contributed by atoms with Crippen LogP contribution in [0.25, 0.3) is 0 Å². The van der Waals surface area contributed by atoms with Gasteiger partial charge in [-0.1, -0.05) is 0 Å². The minimum atomic E-state index is -0.453. The summed E-state index contributed by atoms with van der Waals surface area (Å²) in [6.45, 7) is 8.37. The fourth-order valence-electron chi connectivity index (χ4n) is 3.26. The van der Waals surface area contributed by atoms with Crippen molar-refractivity contribution < 1.29 is 19.1 Å². The first kappa shape index (κ1) is 15.4. The van der Waals surface area contributed by atoms with Crippen LogP contribution in [0.4, 0.5) is 9.59 Å². The quantitative estimate of drug-likeness (QED) is 0.786. The maximum Gasteiger partial charge on any atom is 0.410 e. The normalized spacial score (nSPS) is 24.6. The summed E-state index contributed by atoms with van der Waals surface area (Å²) in [5, 5.41) is 0. The first-order chi connectivity index (χ1) is 10.3. The summed E-state index contributed by atoms with van der Waals surface area (Å²) < 4.78 is 10.6. The van der Waals surface area contributed by atoms with Crippen molar-refractivity contribution in [1.29, 1.82) is 0 Å². The lowest BCUT2D eigenvalue weighted by atomic mass is 9.96. The second-order valence-corrected chi connectivity index (χ2v) is 7.80. The summed E-state index contributed by atoms with van der Waals surface area (Å²) in [4.78, 5) is 27.6. The van der Waals surface area contributed by atoms with Gasteiger partial charge in [-0.05, 0) is 52.4 Å². The lowest BCUT2D eigenvalue weighted by molar-refractivity contribution is 0.0170. The van der Waals surface area contributed by atoms with Gasteiger partial charge in [0.25, 0.3) is 0 Å². The Balaban J connectivity index is 1.48. The number of hydrogen-bond donors (Lipinski definition) is 0. The molecule has 22 heavy (non-hydrogen) atoms. The van der Waals surface area contributed by atoms with Gasteiger partial charge in [0.2, 0.25) is 0 Å². The summed E-state index contributed by atoms with van der Waals surface area (Å²) in [5.74, 6) is 0.446. The fourth-order valence-corrected chi connectivity index (χ4v) is 3.26. The van der Waals surface area contributed by atoms with Gasteiger partial charge < -0.3 is 14.4 Å². The standard InChI is InChI=1S/C16H26N2O4/c1-15(2,3)22-13(19)17-8-4-12(5-9-17)10-18-14(20)21-11-16(18)6-7-16/h12H,4-11H2,1-3H3. The number of cyclic esters (lactones) is 1. The van der Waals surface area contributed by atoms with Crippen molar-refractivity contribution in [2.75, 3.05) is 26.2 Å². The van der Waals surface area contributed by atoms with Crippen molar-refractivity contribution in [2.24, 2.45) is 5.92 Å². The van der Waals surface area contributed by atoms with Gasteiger partial charge in [0.05, 0.1) is 5.54 Å². The van der Waals surface area contributed by atoms with Gasteiger partial charge in [-0.2, -0.15) is 0 Å². The first-order valence-corrected chi connectivity index (χ1v) is 8.21. The topological polar surface area (TPSA) is 59.1 Å². The minimum absolute atomic E-state index is 0.0133. The number of amides is 2. The molecule has 1 spiro atoms. The van der Waals surface area contributed by atoms with Gasteiger partial charge in [0.15, 0.2) is 0 Å². The zero-order valence-corrected chi connectivity index (χ0v) is 13.8. The van der Waals surface area contributed by atoms with Gasteiger partial charge in [-0.3, -0.25) is 4.90 Å². The van der Waals surface area contributed by atoms with E-state index in [1.807, 2.05) is 25.7 Å². The van der Waals surface area contributed by atoms with Gasteiger partial charge >= 0.3 is 12.2 Å². The number of carbonyl (C=O) groups is 2. The van der Waals surface area contributed by atoms with Crippen LogP contribution in [0.1, 0.15) is 46.5 Å². The van der Waals surface area contributed by atoms with Crippen molar-refractivity contribution in [1.82, 2.24) is 9.80 Å². The third kappa shape index (κ3) is 3.15. The average Bonchev–Trinajstić information content (AvgIpc) is 3.15. The van der Waals surface area contributed by atoms with Crippen molar-refractivity contribution in [2.45, 2.75) is 57.6 Å². The molecule has 0 bridgehead atoms. The molecule has 3 fully saturated rings. The van der Waals surface area contributed by atoms with E-state index in [-0.39, 0.29) is 17.7 Å². The Morgan fingerprint density at radius 1 is 1.32 bits per heavy atom. The Kier molecular flexibility index (Phi) is 3.73. The zero-order chi connectivity index (χ0) is 16.0. The number of carbonyl (C=O) groups excluding carboxylic acids is 2. The Labute approximate surface area is 131 Å². The van der Waals surface area contributed by atoms with Gasteiger partial charge in [0.1, 0.15) is 12.2 Å². The van der Waals surface area contributed by atoms with Crippen LogP contribution in [0, 0.1) is 5.92 Å². The molecule has 6 nitrogen and oxygen atoms in total. The van der Waals surface area contributed by atoms with Crippen LogP contribution in [0.3, 0.4) is 0 Å². The van der Waals surface area contributed by atoms with Crippen LogP contribution in [0.15, 0.2) is 0 Å². The van der Waals surface area contributed by atoms with E-state index < -0.39 is 5.60 Å². The molecule has 0 aromatic rings. The van der Waals surface area contributed by atoms with E-state index in [0.29, 0.717) is 25.6 Å². The molecule has 1 aliphatic carbocycles. The number of nitrogens with zero attached hydrogens (tertiary/aromatic N) is 2. The van der Waals surface area contributed by atoms with Gasteiger partial charge in [-0.15, -0.1) is 0 Å². The number of rotatable bonds is 2. The highest BCUT2D eigenvalue weighted by Gasteiger charge is 2.56. The molecule has 0 radical (unpaired) electrons. The Hall–Kier alpha value is -1.46. The molecular weight excluding hydrogens is 284 g/mol. The molecule has 3 rings (SSSR count). The maximum absolute atomic E-state index is 12.0. The molecule has 0 atom stereocenters. The van der Waals surface area contributed by atoms with Crippen molar-refractivity contribution in [3.8, 4) is 0 Å². The fraction of sp³-hybridized carbons (Fsp3) is 0.875. The van der Waals surface area contributed by atoms with E-state index >= 15 is 0 Å². The Morgan fingerprint density at radius 3 is 2.50 bits per heavy atom. The number of likely N-dealkylation sites (tertiary alicyclic amines) is 1. The van der Waals surface area contributed by atoms with Crippen molar-refractivity contribution >= 4 is 12.2 Å². The first-order valence-electron chi connectivity index (χ1n) is 8.21. The second kappa shape index (κ2) is 5.32. The summed E-state index contributed by atoms with van der Waals surface area (Å²) in [6.07, 6.45) is 3.57. The SMILES string of the molecule is CC(C)(C)OC(=O)N1CCC(CN2C(=O)OCC23CC3)CC1. The average molecular weight is 310 g/mol. The molecule has 2 aliphatic heterocycles. The molecule has 6 heteroatoms. The number of piperidine rings is 1. The van der Waals surface area contributed by atoms with E-state index in [2.05, 4.69) is 0 Å². The Morgan fingerprint density at radius 2 is 1.95 bits per heavy atom. The van der Waals surface area contributed by atoms with E-state index in [1.54, 1.807) is 4.90 Å². The van der Waals surface area contributed by atoms with Gasteiger partial charge in [0, 0.05) is 19.6 Å². The molecule has 2 heterocycles. The summed E-state index contributed by atoms with van der Waals surface area (Å²) >= 11 is 0. The van der Waals surface area contributed by atoms with Crippen LogP contribution < -0.4 is 0 Å². The van der Waals surface area contributed by atoms with E-state index in [1.165, 1.54) is 0 Å². The predicted molar refractivity (Wildman–Crippen MR) is 80.6 cm³/mol. The highest BCUT2D eigenvalue weighted by molar-refractivity contribution is 5.72. The van der Waals surface area contributed by atoms with E-state index in [9.17, 15) is 9.59 Å². The molecule has 0 unspecified atom stereocenters. The lowest BCUT2D eigenvalue weighted by Gasteiger charge is -2.35. The van der Waals surface area contributed by atoms with Crippen LogP contribution in [-0.2, 0) is 9.47 Å². The monoisotopic (exact) mass is 310 g/mol. The van der Waals surface area contributed by atoms with Crippen LogP contribution in [0.5, 0.6) is 0 Å². The molecule has 0 N–H and O–H groups in total. The molecule has 3 aliphatic rings.